The monoisotopic (exact) mass is 335 g/mol. The lowest BCUT2D eigenvalue weighted by molar-refractivity contribution is 0.0792. The van der Waals surface area contributed by atoms with E-state index in [1.807, 2.05) is 30.3 Å². The van der Waals surface area contributed by atoms with E-state index in [2.05, 4.69) is 27.2 Å². The number of nitrogens with one attached hydrogen (secondary N) is 1. The van der Waals surface area contributed by atoms with Crippen LogP contribution in [0, 0.1) is 0 Å². The molecule has 1 amide bonds. The Balaban J connectivity index is 1.75. The number of fused-ring (bicyclic) bond motifs is 1. The smallest absolute Gasteiger partial charge is 0.256 e. The second kappa shape index (κ2) is 7.70. The van der Waals surface area contributed by atoms with Crippen LogP contribution in [0.25, 0.3) is 10.9 Å². The van der Waals surface area contributed by atoms with Crippen molar-refractivity contribution < 1.29 is 4.79 Å². The number of rotatable bonds is 6. The molecule has 1 N–H and O–H groups in total. The van der Waals surface area contributed by atoms with Crippen LogP contribution in [0.15, 0.2) is 48.9 Å². The molecule has 0 bridgehead atoms. The summed E-state index contributed by atoms with van der Waals surface area (Å²) in [5, 5.41) is 4.21. The number of pyridine rings is 1. The van der Waals surface area contributed by atoms with Crippen molar-refractivity contribution in [3.8, 4) is 0 Å². The number of para-hydroxylation sites is 1. The minimum absolute atomic E-state index is 0.0631. The second-order valence-electron chi connectivity index (χ2n) is 5.88. The molecule has 3 rings (SSSR count). The Hall–Kier alpha value is -3.02. The van der Waals surface area contributed by atoms with Crippen LogP contribution in [0.1, 0.15) is 30.1 Å². The molecule has 0 aliphatic carbocycles. The Kier molecular flexibility index (Phi) is 5.18. The summed E-state index contributed by atoms with van der Waals surface area (Å²) >= 11 is 0. The molecule has 0 aliphatic rings. The number of anilines is 2. The predicted molar refractivity (Wildman–Crippen MR) is 98.9 cm³/mol. The fourth-order valence-electron chi connectivity index (χ4n) is 2.55. The number of carbonyl (C=O) groups is 1. The Labute approximate surface area is 146 Å². The zero-order chi connectivity index (χ0) is 17.6. The molecule has 6 nitrogen and oxygen atoms in total. The number of unbranched alkanes of at least 4 members (excludes halogenated alkanes) is 1. The van der Waals surface area contributed by atoms with Gasteiger partial charge in [0.2, 0.25) is 5.95 Å². The third-order valence-corrected chi connectivity index (χ3v) is 3.97. The van der Waals surface area contributed by atoms with Gasteiger partial charge in [-0.3, -0.25) is 9.78 Å². The highest BCUT2D eigenvalue weighted by Gasteiger charge is 2.12. The van der Waals surface area contributed by atoms with Gasteiger partial charge >= 0.3 is 0 Å². The van der Waals surface area contributed by atoms with Crippen LogP contribution in [-0.2, 0) is 0 Å². The Morgan fingerprint density at radius 2 is 1.88 bits per heavy atom. The van der Waals surface area contributed by atoms with Crippen molar-refractivity contribution >= 4 is 28.4 Å². The van der Waals surface area contributed by atoms with E-state index in [4.69, 9.17) is 0 Å². The topological polar surface area (TPSA) is 71.0 Å². The van der Waals surface area contributed by atoms with Crippen LogP contribution >= 0.6 is 0 Å². The van der Waals surface area contributed by atoms with E-state index < -0.39 is 0 Å². The molecular weight excluding hydrogens is 314 g/mol. The summed E-state index contributed by atoms with van der Waals surface area (Å²) in [6.45, 7) is 2.83. The second-order valence-corrected chi connectivity index (χ2v) is 5.88. The molecule has 1 aromatic carbocycles. The van der Waals surface area contributed by atoms with Crippen LogP contribution in [-0.4, -0.2) is 39.4 Å². The minimum Gasteiger partial charge on any atom is -0.342 e. The molecule has 0 unspecified atom stereocenters. The summed E-state index contributed by atoms with van der Waals surface area (Å²) < 4.78 is 0. The molecule has 0 spiro atoms. The molecule has 25 heavy (non-hydrogen) atoms. The van der Waals surface area contributed by atoms with Gasteiger partial charge in [0.05, 0.1) is 16.8 Å². The first-order valence-corrected chi connectivity index (χ1v) is 8.37. The van der Waals surface area contributed by atoms with Gasteiger partial charge in [-0.2, -0.15) is 0 Å². The standard InChI is InChI=1S/C19H21N5O/c1-3-4-11-24(2)18(25)15-12-21-19(22-13-15)23-16-9-5-7-14-8-6-10-20-17(14)16/h5-10,12-13H,3-4,11H2,1-2H3,(H,21,22,23). The Morgan fingerprint density at radius 1 is 1.12 bits per heavy atom. The molecule has 128 valence electrons. The van der Waals surface area contributed by atoms with Crippen molar-refractivity contribution in [2.75, 3.05) is 18.9 Å². The first kappa shape index (κ1) is 16.8. The molecule has 6 heteroatoms. The van der Waals surface area contributed by atoms with Gasteiger partial charge in [0, 0.05) is 37.6 Å². The Bertz CT molecular complexity index is 858. The molecule has 0 radical (unpaired) electrons. The van der Waals surface area contributed by atoms with Gasteiger partial charge in [-0.15, -0.1) is 0 Å². The van der Waals surface area contributed by atoms with Crippen LogP contribution in [0.4, 0.5) is 11.6 Å². The van der Waals surface area contributed by atoms with Crippen molar-refractivity contribution in [2.45, 2.75) is 19.8 Å². The highest BCUT2D eigenvalue weighted by Crippen LogP contribution is 2.22. The maximum absolute atomic E-state index is 12.3. The van der Waals surface area contributed by atoms with Gasteiger partial charge in [-0.25, -0.2) is 9.97 Å². The van der Waals surface area contributed by atoms with Crippen molar-refractivity contribution in [3.05, 3.63) is 54.5 Å². The maximum atomic E-state index is 12.3. The molecule has 0 fully saturated rings. The Morgan fingerprint density at radius 3 is 2.64 bits per heavy atom. The van der Waals surface area contributed by atoms with Crippen molar-refractivity contribution in [1.29, 1.82) is 0 Å². The van der Waals surface area contributed by atoms with E-state index in [1.54, 1.807) is 30.5 Å². The van der Waals surface area contributed by atoms with Gasteiger partial charge < -0.3 is 10.2 Å². The average Bonchev–Trinajstić information content (AvgIpc) is 2.66. The predicted octanol–water partition coefficient (Wildman–Crippen LogP) is 3.64. The lowest BCUT2D eigenvalue weighted by atomic mass is 10.2. The molecule has 3 aromatic rings. The van der Waals surface area contributed by atoms with Crippen LogP contribution in [0.5, 0.6) is 0 Å². The number of aromatic nitrogens is 3. The van der Waals surface area contributed by atoms with Gasteiger partial charge in [0.1, 0.15) is 0 Å². The lowest BCUT2D eigenvalue weighted by Crippen LogP contribution is -2.27. The summed E-state index contributed by atoms with van der Waals surface area (Å²) in [7, 11) is 1.80. The number of carbonyl (C=O) groups excluding carboxylic acids is 1. The zero-order valence-electron chi connectivity index (χ0n) is 14.4. The van der Waals surface area contributed by atoms with Crippen LogP contribution < -0.4 is 5.32 Å². The van der Waals surface area contributed by atoms with E-state index >= 15 is 0 Å². The number of benzene rings is 1. The van der Waals surface area contributed by atoms with Crippen molar-refractivity contribution in [1.82, 2.24) is 19.9 Å². The zero-order valence-corrected chi connectivity index (χ0v) is 14.4. The summed E-state index contributed by atoms with van der Waals surface area (Å²) in [6, 6.07) is 9.78. The third-order valence-electron chi connectivity index (χ3n) is 3.97. The van der Waals surface area contributed by atoms with Gasteiger partial charge in [0.25, 0.3) is 5.91 Å². The molecule has 2 heterocycles. The lowest BCUT2D eigenvalue weighted by Gasteiger charge is -2.16. The SMILES string of the molecule is CCCCN(C)C(=O)c1cnc(Nc2cccc3cccnc23)nc1. The minimum atomic E-state index is -0.0631. The van der Waals surface area contributed by atoms with E-state index in [0.717, 1.165) is 36.0 Å². The quantitative estimate of drug-likeness (QED) is 0.744. The van der Waals surface area contributed by atoms with Crippen LogP contribution in [0.3, 0.4) is 0 Å². The van der Waals surface area contributed by atoms with E-state index in [1.165, 1.54) is 0 Å². The third kappa shape index (κ3) is 3.91. The molecular formula is C19H21N5O. The van der Waals surface area contributed by atoms with E-state index in [0.29, 0.717) is 11.5 Å². The summed E-state index contributed by atoms with van der Waals surface area (Å²) in [5.41, 5.74) is 2.17. The molecule has 0 saturated carbocycles. The summed E-state index contributed by atoms with van der Waals surface area (Å²) in [5.74, 6) is 0.373. The van der Waals surface area contributed by atoms with Gasteiger partial charge in [-0.05, 0) is 18.6 Å². The number of hydrogen-bond acceptors (Lipinski definition) is 5. The van der Waals surface area contributed by atoms with Crippen molar-refractivity contribution in [3.63, 3.8) is 0 Å². The highest BCUT2D eigenvalue weighted by atomic mass is 16.2. The summed E-state index contributed by atoms with van der Waals surface area (Å²) in [6.07, 6.45) is 6.90. The molecule has 0 atom stereocenters. The largest absolute Gasteiger partial charge is 0.342 e. The molecule has 0 aliphatic heterocycles. The fourth-order valence-corrected chi connectivity index (χ4v) is 2.55. The first-order chi connectivity index (χ1) is 12.2. The van der Waals surface area contributed by atoms with E-state index in [9.17, 15) is 4.79 Å². The molecule has 2 aromatic heterocycles. The van der Waals surface area contributed by atoms with Crippen LogP contribution in [0.2, 0.25) is 0 Å². The van der Waals surface area contributed by atoms with E-state index in [-0.39, 0.29) is 5.91 Å². The van der Waals surface area contributed by atoms with Gasteiger partial charge in [0.15, 0.2) is 0 Å². The number of hydrogen-bond donors (Lipinski definition) is 1. The highest BCUT2D eigenvalue weighted by molar-refractivity contribution is 5.94. The number of nitrogens with zero attached hydrogens (tertiary/aromatic N) is 4. The molecule has 0 saturated heterocycles. The summed E-state index contributed by atoms with van der Waals surface area (Å²) in [4.78, 5) is 26.9. The average molecular weight is 335 g/mol. The van der Waals surface area contributed by atoms with Gasteiger partial charge in [-0.1, -0.05) is 31.5 Å². The normalized spacial score (nSPS) is 10.6. The maximum Gasteiger partial charge on any atom is 0.256 e. The number of amides is 1. The first-order valence-electron chi connectivity index (χ1n) is 8.37. The fraction of sp³-hybridized carbons (Fsp3) is 0.263. The van der Waals surface area contributed by atoms with Crippen molar-refractivity contribution in [2.24, 2.45) is 0 Å².